The smallest absolute Gasteiger partial charge is 0.112 e. The second kappa shape index (κ2) is 3.62. The van der Waals surface area contributed by atoms with Crippen LogP contribution in [0.4, 0.5) is 0 Å². The van der Waals surface area contributed by atoms with Crippen LogP contribution in [0.1, 0.15) is 0 Å². The Bertz CT molecular complexity index is 140. The molecule has 0 atom stereocenters. The molecule has 9 heavy (non-hydrogen) atoms. The summed E-state index contributed by atoms with van der Waals surface area (Å²) < 4.78 is 0.422. The molecule has 0 aromatic carbocycles. The minimum absolute atomic E-state index is 0.422. The zero-order valence-electron chi connectivity index (χ0n) is 4.93. The molecule has 1 aliphatic rings. The summed E-state index contributed by atoms with van der Waals surface area (Å²) in [5.41, 5.74) is 0. The molecule has 3 heteroatoms. The summed E-state index contributed by atoms with van der Waals surface area (Å²) in [5.74, 6) is 2.20. The van der Waals surface area contributed by atoms with Gasteiger partial charge in [-0.05, 0) is 6.32 Å². The first-order valence-corrected chi connectivity index (χ1v) is 4.75. The topological polar surface area (TPSA) is 0 Å². The zero-order valence-corrected chi connectivity index (χ0v) is 8.10. The largest absolute Gasteiger partial charge is 0.198 e. The Morgan fingerprint density at radius 1 is 1.33 bits per heavy atom. The van der Waals surface area contributed by atoms with Crippen molar-refractivity contribution in [1.82, 2.24) is 0 Å². The Labute approximate surface area is 72.7 Å². The van der Waals surface area contributed by atoms with E-state index in [0.717, 1.165) is 6.32 Å². The molecule has 1 heterocycles. The number of halogens is 2. The van der Waals surface area contributed by atoms with Crippen molar-refractivity contribution in [2.75, 3.05) is 0 Å². The maximum atomic E-state index is 3.47. The van der Waals surface area contributed by atoms with Gasteiger partial charge in [0.15, 0.2) is 6.71 Å². The molecule has 0 nitrogen and oxygen atoms in total. The van der Waals surface area contributed by atoms with Crippen LogP contribution < -0.4 is 0 Å². The molecule has 0 unspecified atom stereocenters. The normalized spacial score (nSPS) is 17.4. The molecule has 0 spiro atoms. The minimum Gasteiger partial charge on any atom is -0.112 e. The second-order valence-corrected chi connectivity index (χ2v) is 5.25. The number of allylic oxidation sites excluding steroid dienone is 3. The van der Waals surface area contributed by atoms with Crippen LogP contribution in [0.15, 0.2) is 24.2 Å². The van der Waals surface area contributed by atoms with E-state index in [1.807, 2.05) is 0 Å². The first-order valence-electron chi connectivity index (χ1n) is 2.92. The van der Waals surface area contributed by atoms with Gasteiger partial charge in [0.25, 0.3) is 0 Å². The summed E-state index contributed by atoms with van der Waals surface area (Å²) >= 11 is 6.93. The van der Waals surface area contributed by atoms with E-state index < -0.39 is 0 Å². The Morgan fingerprint density at radius 3 is 2.44 bits per heavy atom. The van der Waals surface area contributed by atoms with E-state index in [1.54, 1.807) is 0 Å². The van der Waals surface area contributed by atoms with Crippen LogP contribution in [0.3, 0.4) is 0 Å². The Balaban J connectivity index is 2.46. The highest BCUT2D eigenvalue weighted by Gasteiger charge is 2.16. The molecule has 48 valence electrons. The third kappa shape index (κ3) is 2.30. The van der Waals surface area contributed by atoms with Crippen LogP contribution in [0.25, 0.3) is 0 Å². The highest BCUT2D eigenvalue weighted by Crippen LogP contribution is 2.18. The standard InChI is InChI=1S/C6H7BBr2/c8-6(9)7-4-2-1-3-5-7/h1-4,6H,5H2. The van der Waals surface area contributed by atoms with Crippen LogP contribution in [0, 0.1) is 0 Å². The van der Waals surface area contributed by atoms with Gasteiger partial charge in [0.1, 0.15) is 0 Å². The van der Waals surface area contributed by atoms with Gasteiger partial charge in [0.2, 0.25) is 0 Å². The molecule has 0 aromatic heterocycles. The molecule has 0 aromatic rings. The van der Waals surface area contributed by atoms with Gasteiger partial charge in [-0.25, -0.2) is 0 Å². The van der Waals surface area contributed by atoms with Gasteiger partial charge in [0.05, 0.1) is 3.64 Å². The predicted molar refractivity (Wildman–Crippen MR) is 50.5 cm³/mol. The predicted octanol–water partition coefficient (Wildman–Crippen LogP) is 2.80. The highest BCUT2D eigenvalue weighted by atomic mass is 79.9. The van der Waals surface area contributed by atoms with E-state index in [9.17, 15) is 0 Å². The summed E-state index contributed by atoms with van der Waals surface area (Å²) in [6, 6.07) is 0. The molecule has 0 N–H and O–H groups in total. The van der Waals surface area contributed by atoms with E-state index in [-0.39, 0.29) is 0 Å². The van der Waals surface area contributed by atoms with E-state index in [1.165, 1.54) is 0 Å². The molecule has 0 radical (unpaired) electrons. The summed E-state index contributed by atoms with van der Waals surface area (Å²) in [6.07, 6.45) is 7.49. The zero-order chi connectivity index (χ0) is 6.69. The molecule has 1 aliphatic heterocycles. The van der Waals surface area contributed by atoms with Crippen LogP contribution in [0.2, 0.25) is 6.32 Å². The summed E-state index contributed by atoms with van der Waals surface area (Å²) in [6.45, 7) is 0.620. The van der Waals surface area contributed by atoms with E-state index >= 15 is 0 Å². The van der Waals surface area contributed by atoms with Crippen molar-refractivity contribution in [3.8, 4) is 0 Å². The van der Waals surface area contributed by atoms with Crippen molar-refractivity contribution in [2.45, 2.75) is 9.96 Å². The van der Waals surface area contributed by atoms with Gasteiger partial charge in [-0.2, -0.15) is 0 Å². The maximum absolute atomic E-state index is 3.47. The lowest BCUT2D eigenvalue weighted by Crippen LogP contribution is -2.18. The van der Waals surface area contributed by atoms with Gasteiger partial charge in [0, 0.05) is 0 Å². The molecule has 0 aliphatic carbocycles. The number of rotatable bonds is 1. The average Bonchev–Trinajstić information content (AvgIpc) is 1.90. The van der Waals surface area contributed by atoms with Crippen molar-refractivity contribution >= 4 is 38.6 Å². The lowest BCUT2D eigenvalue weighted by Gasteiger charge is -2.08. The second-order valence-electron chi connectivity index (χ2n) is 2.05. The summed E-state index contributed by atoms with van der Waals surface area (Å²) in [5, 5.41) is 0. The third-order valence-electron chi connectivity index (χ3n) is 1.34. The fraction of sp³-hybridized carbons (Fsp3) is 0.333. The monoisotopic (exact) mass is 248 g/mol. The molecule has 1 rings (SSSR count). The van der Waals surface area contributed by atoms with Crippen LogP contribution in [-0.2, 0) is 0 Å². The lowest BCUT2D eigenvalue weighted by molar-refractivity contribution is 1.58. The fourth-order valence-corrected chi connectivity index (χ4v) is 1.57. The van der Waals surface area contributed by atoms with Crippen molar-refractivity contribution in [3.63, 3.8) is 0 Å². The Hall–Kier alpha value is 0.505. The van der Waals surface area contributed by atoms with Gasteiger partial charge < -0.3 is 0 Å². The fourth-order valence-electron chi connectivity index (χ4n) is 0.787. The van der Waals surface area contributed by atoms with Crippen molar-refractivity contribution in [2.24, 2.45) is 0 Å². The number of alkyl halides is 2. The minimum atomic E-state index is 0.422. The highest BCUT2D eigenvalue weighted by molar-refractivity contribution is 9.25. The number of hydrogen-bond acceptors (Lipinski definition) is 0. The number of hydrogen-bond donors (Lipinski definition) is 0. The molecule has 0 bridgehead atoms. The van der Waals surface area contributed by atoms with Gasteiger partial charge in [-0.15, -0.1) is 5.98 Å². The molecular formula is C6H7BBr2. The Kier molecular flexibility index (Phi) is 3.06. The van der Waals surface area contributed by atoms with Crippen LogP contribution in [-0.4, -0.2) is 10.3 Å². The molecular weight excluding hydrogens is 243 g/mol. The van der Waals surface area contributed by atoms with Crippen LogP contribution >= 0.6 is 31.9 Å². The average molecular weight is 250 g/mol. The van der Waals surface area contributed by atoms with Gasteiger partial charge in [-0.3, -0.25) is 0 Å². The van der Waals surface area contributed by atoms with Crippen LogP contribution in [0.5, 0.6) is 0 Å². The van der Waals surface area contributed by atoms with E-state index in [0.29, 0.717) is 10.3 Å². The first-order chi connectivity index (χ1) is 4.30. The quantitative estimate of drug-likeness (QED) is 0.495. The molecule has 0 fully saturated rings. The van der Waals surface area contributed by atoms with E-state index in [4.69, 9.17) is 0 Å². The lowest BCUT2D eigenvalue weighted by atomic mass is 9.48. The third-order valence-corrected chi connectivity index (χ3v) is 2.70. The first kappa shape index (κ1) is 7.61. The summed E-state index contributed by atoms with van der Waals surface area (Å²) in [4.78, 5) is 0. The van der Waals surface area contributed by atoms with E-state index in [2.05, 4.69) is 56.1 Å². The van der Waals surface area contributed by atoms with Crippen molar-refractivity contribution < 1.29 is 0 Å². The molecule has 0 amide bonds. The summed E-state index contributed by atoms with van der Waals surface area (Å²) in [7, 11) is 0. The Morgan fingerprint density at radius 2 is 2.11 bits per heavy atom. The van der Waals surface area contributed by atoms with Crippen molar-refractivity contribution in [3.05, 3.63) is 24.2 Å². The molecule has 0 saturated carbocycles. The van der Waals surface area contributed by atoms with Crippen molar-refractivity contribution in [1.29, 1.82) is 0 Å². The van der Waals surface area contributed by atoms with Gasteiger partial charge >= 0.3 is 0 Å². The van der Waals surface area contributed by atoms with Gasteiger partial charge in [-0.1, -0.05) is 50.1 Å². The SMILES string of the molecule is BrC(Br)B1C=CC=CC1. The maximum Gasteiger partial charge on any atom is 0.198 e. The molecule has 0 saturated heterocycles.